The molecule has 2 fully saturated rings. The van der Waals surface area contributed by atoms with Crippen molar-refractivity contribution in [2.75, 3.05) is 12.3 Å². The van der Waals surface area contributed by atoms with Gasteiger partial charge in [0, 0.05) is 6.54 Å². The van der Waals surface area contributed by atoms with Crippen molar-refractivity contribution in [1.82, 2.24) is 10.2 Å². The fraction of sp³-hybridized carbons (Fsp3) is 0.556. The first-order valence-corrected chi connectivity index (χ1v) is 10.2. The van der Waals surface area contributed by atoms with Crippen LogP contribution in [0.25, 0.3) is 0 Å². The third-order valence-corrected chi connectivity index (χ3v) is 6.40. The number of hydrogen-bond donors (Lipinski definition) is 2. The minimum Gasteiger partial charge on any atom is -0.343 e. The summed E-state index contributed by atoms with van der Waals surface area (Å²) in [6, 6.07) is 9.43. The van der Waals surface area contributed by atoms with Gasteiger partial charge in [-0.05, 0) is 43.4 Å². The molecule has 24 heavy (non-hydrogen) atoms. The Labute approximate surface area is 153 Å². The Kier molecular flexibility index (Phi) is 6.11. The quantitative estimate of drug-likeness (QED) is 0.807. The average molecular weight is 365 g/mol. The zero-order valence-corrected chi connectivity index (χ0v) is 15.4. The number of thiol groups is 1. The highest BCUT2D eigenvalue weighted by molar-refractivity contribution is 7.99. The van der Waals surface area contributed by atoms with E-state index in [1.54, 1.807) is 0 Å². The van der Waals surface area contributed by atoms with Gasteiger partial charge in [-0.1, -0.05) is 30.3 Å². The Morgan fingerprint density at radius 2 is 2.08 bits per heavy atom. The van der Waals surface area contributed by atoms with Gasteiger partial charge in [0.1, 0.15) is 6.04 Å². The van der Waals surface area contributed by atoms with Crippen LogP contribution in [0.15, 0.2) is 30.3 Å². The Hall–Kier alpha value is -1.14. The van der Waals surface area contributed by atoms with E-state index in [1.807, 2.05) is 47.0 Å². The summed E-state index contributed by atoms with van der Waals surface area (Å²) in [5.41, 5.74) is 1.08. The molecule has 6 heteroatoms. The molecule has 0 saturated carbocycles. The lowest BCUT2D eigenvalue weighted by Crippen LogP contribution is -2.52. The number of rotatable bonds is 4. The Morgan fingerprint density at radius 3 is 2.88 bits per heavy atom. The van der Waals surface area contributed by atoms with E-state index in [2.05, 4.69) is 17.9 Å². The number of hydrogen-bond acceptors (Lipinski definition) is 4. The van der Waals surface area contributed by atoms with E-state index in [-0.39, 0.29) is 11.8 Å². The first-order chi connectivity index (χ1) is 11.6. The second-order valence-electron chi connectivity index (χ2n) is 6.41. The zero-order valence-electron chi connectivity index (χ0n) is 13.7. The van der Waals surface area contributed by atoms with Crippen LogP contribution in [0.5, 0.6) is 0 Å². The van der Waals surface area contributed by atoms with E-state index in [0.717, 1.165) is 30.7 Å². The molecule has 0 unspecified atom stereocenters. The summed E-state index contributed by atoms with van der Waals surface area (Å²) in [6.07, 6.45) is 4.59. The fourth-order valence-corrected chi connectivity index (χ4v) is 4.96. The van der Waals surface area contributed by atoms with Crippen LogP contribution in [0.1, 0.15) is 31.2 Å². The second kappa shape index (κ2) is 8.30. The third kappa shape index (κ3) is 4.28. The molecule has 130 valence electrons. The van der Waals surface area contributed by atoms with Crippen LogP contribution in [-0.2, 0) is 16.0 Å². The van der Waals surface area contributed by atoms with Crippen LogP contribution in [0, 0.1) is 0 Å². The van der Waals surface area contributed by atoms with E-state index >= 15 is 0 Å². The molecule has 4 nitrogen and oxygen atoms in total. The molecular weight excluding hydrogens is 340 g/mol. The standard InChI is InChI=1S/C18H24N2O2S2/c21-17(15(23)12-13-6-2-1-3-7-13)19-14-9-11-24-16-8-4-5-10-20(16)18(14)22/h1-3,6-7,14-16,23H,4-5,8-12H2,(H,19,21)/t14-,15+,16-/m0/s1. The van der Waals surface area contributed by atoms with Crippen molar-refractivity contribution >= 4 is 36.2 Å². The topological polar surface area (TPSA) is 49.4 Å². The molecule has 2 saturated heterocycles. The summed E-state index contributed by atoms with van der Waals surface area (Å²) in [5.74, 6) is 0.840. The predicted octanol–water partition coefficient (Wildman–Crippen LogP) is 2.49. The van der Waals surface area contributed by atoms with Crippen LogP contribution in [0.2, 0.25) is 0 Å². The van der Waals surface area contributed by atoms with Crippen molar-refractivity contribution in [2.24, 2.45) is 0 Å². The van der Waals surface area contributed by atoms with Gasteiger partial charge in [-0.15, -0.1) is 11.8 Å². The minimum absolute atomic E-state index is 0.0818. The van der Waals surface area contributed by atoms with Crippen LogP contribution in [0.3, 0.4) is 0 Å². The Balaban J connectivity index is 1.59. The van der Waals surface area contributed by atoms with Crippen LogP contribution < -0.4 is 5.32 Å². The smallest absolute Gasteiger partial charge is 0.246 e. The van der Waals surface area contributed by atoms with E-state index in [4.69, 9.17) is 0 Å². The Bertz CT molecular complexity index is 582. The maximum atomic E-state index is 12.8. The first kappa shape index (κ1) is 17.7. The highest BCUT2D eigenvalue weighted by Gasteiger charge is 2.35. The maximum absolute atomic E-state index is 12.8. The van der Waals surface area contributed by atoms with Gasteiger partial charge >= 0.3 is 0 Å². The van der Waals surface area contributed by atoms with Crippen molar-refractivity contribution in [1.29, 1.82) is 0 Å². The summed E-state index contributed by atoms with van der Waals surface area (Å²) in [7, 11) is 0. The lowest BCUT2D eigenvalue weighted by atomic mass is 10.1. The highest BCUT2D eigenvalue weighted by atomic mass is 32.2. The van der Waals surface area contributed by atoms with Gasteiger partial charge in [0.25, 0.3) is 0 Å². The summed E-state index contributed by atoms with van der Waals surface area (Å²) >= 11 is 6.29. The van der Waals surface area contributed by atoms with E-state index in [1.165, 1.54) is 6.42 Å². The van der Waals surface area contributed by atoms with Gasteiger partial charge in [0.05, 0.1) is 10.6 Å². The van der Waals surface area contributed by atoms with E-state index in [9.17, 15) is 9.59 Å². The first-order valence-electron chi connectivity index (χ1n) is 8.59. The molecule has 0 spiro atoms. The lowest BCUT2D eigenvalue weighted by molar-refractivity contribution is -0.137. The van der Waals surface area contributed by atoms with Gasteiger partial charge in [0.2, 0.25) is 11.8 Å². The molecule has 0 aliphatic carbocycles. The van der Waals surface area contributed by atoms with E-state index in [0.29, 0.717) is 18.2 Å². The molecule has 0 radical (unpaired) electrons. The number of nitrogens with one attached hydrogen (secondary N) is 1. The molecule has 1 aromatic carbocycles. The number of benzene rings is 1. The molecule has 0 aromatic heterocycles. The Morgan fingerprint density at radius 1 is 1.29 bits per heavy atom. The molecule has 1 N–H and O–H groups in total. The number of thioether (sulfide) groups is 1. The molecule has 2 amide bonds. The van der Waals surface area contributed by atoms with Crippen molar-refractivity contribution in [2.45, 2.75) is 48.8 Å². The van der Waals surface area contributed by atoms with E-state index < -0.39 is 11.3 Å². The van der Waals surface area contributed by atoms with Gasteiger partial charge in [-0.25, -0.2) is 0 Å². The third-order valence-electron chi connectivity index (χ3n) is 4.64. The molecule has 3 rings (SSSR count). The van der Waals surface area contributed by atoms with Crippen LogP contribution >= 0.6 is 24.4 Å². The molecule has 3 atom stereocenters. The van der Waals surface area contributed by atoms with Gasteiger partial charge in [0.15, 0.2) is 0 Å². The predicted molar refractivity (Wildman–Crippen MR) is 101 cm³/mol. The monoisotopic (exact) mass is 364 g/mol. The second-order valence-corrected chi connectivity index (χ2v) is 8.32. The summed E-state index contributed by atoms with van der Waals surface area (Å²) in [5, 5.41) is 2.80. The van der Waals surface area contributed by atoms with Crippen molar-refractivity contribution in [3.63, 3.8) is 0 Å². The number of fused-ring (bicyclic) bond motifs is 1. The number of nitrogens with zero attached hydrogens (tertiary/aromatic N) is 1. The summed E-state index contributed by atoms with van der Waals surface area (Å²) < 4.78 is 0. The zero-order chi connectivity index (χ0) is 16.9. The largest absolute Gasteiger partial charge is 0.343 e. The number of amides is 2. The minimum atomic E-state index is -0.437. The maximum Gasteiger partial charge on any atom is 0.246 e. The fourth-order valence-electron chi connectivity index (χ4n) is 3.30. The summed E-state index contributed by atoms with van der Waals surface area (Å²) in [4.78, 5) is 27.2. The molecule has 2 aliphatic rings. The molecule has 1 aromatic rings. The SMILES string of the molecule is O=C(N[C@H]1CCS[C@H]2CCCCN2C1=O)[C@H](S)Cc1ccccc1. The number of carbonyl (C=O) groups is 2. The summed E-state index contributed by atoms with van der Waals surface area (Å²) in [6.45, 7) is 0.817. The van der Waals surface area contributed by atoms with Crippen LogP contribution in [-0.4, -0.2) is 45.7 Å². The lowest BCUT2D eigenvalue weighted by Gasteiger charge is -2.35. The average Bonchev–Trinajstić information content (AvgIpc) is 2.76. The van der Waals surface area contributed by atoms with Gasteiger partial charge in [-0.3, -0.25) is 9.59 Å². The molecule has 2 heterocycles. The van der Waals surface area contributed by atoms with Gasteiger partial charge < -0.3 is 10.2 Å². The van der Waals surface area contributed by atoms with Crippen molar-refractivity contribution in [3.8, 4) is 0 Å². The normalized spacial score (nSPS) is 25.5. The number of piperidine rings is 1. The molecular formula is C18H24N2O2S2. The van der Waals surface area contributed by atoms with Crippen molar-refractivity contribution < 1.29 is 9.59 Å². The van der Waals surface area contributed by atoms with Gasteiger partial charge in [-0.2, -0.15) is 12.6 Å². The number of carbonyl (C=O) groups excluding carboxylic acids is 2. The molecule has 2 aliphatic heterocycles. The highest BCUT2D eigenvalue weighted by Crippen LogP contribution is 2.30. The van der Waals surface area contributed by atoms with Crippen LogP contribution in [0.4, 0.5) is 0 Å². The molecule has 0 bridgehead atoms. The van der Waals surface area contributed by atoms with Crippen molar-refractivity contribution in [3.05, 3.63) is 35.9 Å².